The first-order valence-electron chi connectivity index (χ1n) is 9.43. The average Bonchev–Trinajstić information content (AvgIpc) is 3.24. The summed E-state index contributed by atoms with van der Waals surface area (Å²) in [6.07, 6.45) is 4.23. The minimum Gasteiger partial charge on any atom is -0.497 e. The molecule has 3 rings (SSSR count). The minimum absolute atomic E-state index is 0.0113. The zero-order valence-electron chi connectivity index (χ0n) is 16.8. The molecule has 1 saturated heterocycles. The molecule has 0 saturated carbocycles. The predicted molar refractivity (Wildman–Crippen MR) is 108 cm³/mol. The van der Waals surface area contributed by atoms with E-state index in [0.29, 0.717) is 43.1 Å². The Bertz CT molecular complexity index is 973. The van der Waals surface area contributed by atoms with Crippen molar-refractivity contribution in [1.29, 1.82) is 0 Å². The molecule has 1 aliphatic rings. The third kappa shape index (κ3) is 4.54. The lowest BCUT2D eigenvalue weighted by atomic mass is 9.98. The number of benzene rings is 1. The number of carbonyl (C=O) groups excluding carboxylic acids is 1. The number of methoxy groups -OCH3 is 2. The van der Waals surface area contributed by atoms with Gasteiger partial charge in [-0.15, -0.1) is 0 Å². The first-order valence-corrected chi connectivity index (χ1v) is 10.9. The maximum atomic E-state index is 12.9. The van der Waals surface area contributed by atoms with Crippen LogP contribution in [-0.4, -0.2) is 55.5 Å². The van der Waals surface area contributed by atoms with E-state index < -0.39 is 15.9 Å². The normalized spacial score (nSPS) is 17.7. The summed E-state index contributed by atoms with van der Waals surface area (Å²) < 4.78 is 39.3. The fraction of sp³-hybridized carbons (Fsp3) is 0.474. The lowest BCUT2D eigenvalue weighted by Gasteiger charge is -2.30. The van der Waals surface area contributed by atoms with Gasteiger partial charge < -0.3 is 19.4 Å². The van der Waals surface area contributed by atoms with Crippen LogP contribution in [0.3, 0.4) is 0 Å². The number of hydrogen-bond acceptors (Lipinski definition) is 6. The number of nitrogens with zero attached hydrogens (tertiary/aromatic N) is 3. The van der Waals surface area contributed by atoms with Gasteiger partial charge in [-0.1, -0.05) is 0 Å². The Labute approximate surface area is 170 Å². The van der Waals surface area contributed by atoms with Crippen LogP contribution in [0.1, 0.15) is 19.8 Å². The van der Waals surface area contributed by atoms with Crippen LogP contribution in [0.5, 0.6) is 11.5 Å². The summed E-state index contributed by atoms with van der Waals surface area (Å²) in [6.45, 7) is 3.03. The molecule has 2 aromatic rings. The number of carbonyl (C=O) groups is 1. The number of hydrogen-bond donors (Lipinski definition) is 1. The summed E-state index contributed by atoms with van der Waals surface area (Å²) in [5.74, 6) is 0.385. The SMILES string of the molecule is CCn1cnc(S(=O)(=O)N2CCC[C@H](C(=O)Nc3ccc(OC)cc3OC)C2)c1. The van der Waals surface area contributed by atoms with Crippen molar-refractivity contribution in [3.63, 3.8) is 0 Å². The number of piperidine rings is 1. The Morgan fingerprint density at radius 2 is 2.10 bits per heavy atom. The van der Waals surface area contributed by atoms with Gasteiger partial charge in [-0.05, 0) is 31.9 Å². The molecule has 0 aliphatic carbocycles. The van der Waals surface area contributed by atoms with Gasteiger partial charge in [-0.25, -0.2) is 13.4 Å². The minimum atomic E-state index is -3.73. The van der Waals surface area contributed by atoms with Gasteiger partial charge in [0, 0.05) is 31.9 Å². The van der Waals surface area contributed by atoms with Crippen LogP contribution >= 0.6 is 0 Å². The summed E-state index contributed by atoms with van der Waals surface area (Å²) in [5.41, 5.74) is 0.514. The second-order valence-electron chi connectivity index (χ2n) is 6.80. The van der Waals surface area contributed by atoms with Crippen LogP contribution in [0, 0.1) is 5.92 Å². The second kappa shape index (κ2) is 8.83. The first-order chi connectivity index (χ1) is 13.9. The Morgan fingerprint density at radius 3 is 2.76 bits per heavy atom. The summed E-state index contributed by atoms with van der Waals surface area (Å²) in [5, 5.41) is 2.86. The maximum Gasteiger partial charge on any atom is 0.262 e. The molecule has 1 aliphatic heterocycles. The average molecular weight is 423 g/mol. The summed E-state index contributed by atoms with van der Waals surface area (Å²) in [6, 6.07) is 5.10. The standard InChI is InChI=1S/C19H26N4O5S/c1-4-22-12-18(20-13-22)29(25,26)23-9-5-6-14(11-23)19(24)21-16-8-7-15(27-2)10-17(16)28-3/h7-8,10,12-14H,4-6,9,11H2,1-3H3,(H,21,24)/t14-/m0/s1. The van der Waals surface area contributed by atoms with E-state index in [-0.39, 0.29) is 17.5 Å². The highest BCUT2D eigenvalue weighted by atomic mass is 32.2. The van der Waals surface area contributed by atoms with Gasteiger partial charge in [0.15, 0.2) is 5.03 Å². The quantitative estimate of drug-likeness (QED) is 0.732. The number of aromatic nitrogens is 2. The summed E-state index contributed by atoms with van der Waals surface area (Å²) >= 11 is 0. The van der Waals surface area contributed by atoms with E-state index in [4.69, 9.17) is 9.47 Å². The Morgan fingerprint density at radius 1 is 1.31 bits per heavy atom. The second-order valence-corrected chi connectivity index (χ2v) is 8.68. The number of imidazole rings is 1. The number of sulfonamides is 1. The van der Waals surface area contributed by atoms with Crippen LogP contribution in [-0.2, 0) is 21.4 Å². The highest BCUT2D eigenvalue weighted by molar-refractivity contribution is 7.89. The van der Waals surface area contributed by atoms with Gasteiger partial charge in [0.25, 0.3) is 10.0 Å². The molecule has 1 N–H and O–H groups in total. The van der Waals surface area contributed by atoms with Crippen molar-refractivity contribution in [1.82, 2.24) is 13.9 Å². The first kappa shape index (κ1) is 21.1. The zero-order valence-corrected chi connectivity index (χ0v) is 17.6. The number of ether oxygens (including phenoxy) is 2. The van der Waals surface area contributed by atoms with Crippen molar-refractivity contribution in [2.45, 2.75) is 31.3 Å². The smallest absolute Gasteiger partial charge is 0.262 e. The van der Waals surface area contributed by atoms with E-state index in [2.05, 4.69) is 10.3 Å². The molecule has 1 aromatic carbocycles. The molecule has 2 heterocycles. The van der Waals surface area contributed by atoms with E-state index in [0.717, 1.165) is 0 Å². The van der Waals surface area contributed by atoms with Crippen molar-refractivity contribution in [3.05, 3.63) is 30.7 Å². The predicted octanol–water partition coefficient (Wildman–Crippen LogP) is 1.96. The number of rotatable bonds is 7. The summed E-state index contributed by atoms with van der Waals surface area (Å²) in [4.78, 5) is 16.8. The van der Waals surface area contributed by atoms with Crippen molar-refractivity contribution in [2.75, 3.05) is 32.6 Å². The van der Waals surface area contributed by atoms with Crippen LogP contribution in [0.15, 0.2) is 35.7 Å². The third-order valence-electron chi connectivity index (χ3n) is 5.00. The van der Waals surface area contributed by atoms with E-state index >= 15 is 0 Å². The lowest BCUT2D eigenvalue weighted by Crippen LogP contribution is -2.43. The summed E-state index contributed by atoms with van der Waals surface area (Å²) in [7, 11) is -0.674. The Balaban J connectivity index is 1.72. The fourth-order valence-corrected chi connectivity index (χ4v) is 4.75. The molecular weight excluding hydrogens is 396 g/mol. The molecule has 1 amide bonds. The fourth-order valence-electron chi connectivity index (χ4n) is 3.29. The van der Waals surface area contributed by atoms with Gasteiger partial charge in [0.1, 0.15) is 11.5 Å². The third-order valence-corrected chi connectivity index (χ3v) is 6.75. The van der Waals surface area contributed by atoms with Crippen LogP contribution < -0.4 is 14.8 Å². The number of nitrogens with one attached hydrogen (secondary N) is 1. The maximum absolute atomic E-state index is 12.9. The highest BCUT2D eigenvalue weighted by Crippen LogP contribution is 2.30. The van der Waals surface area contributed by atoms with Crippen molar-refractivity contribution < 1.29 is 22.7 Å². The van der Waals surface area contributed by atoms with Gasteiger partial charge in [0.2, 0.25) is 5.91 Å². The molecule has 0 unspecified atom stereocenters. The lowest BCUT2D eigenvalue weighted by molar-refractivity contribution is -0.120. The molecular formula is C19H26N4O5S. The monoisotopic (exact) mass is 422 g/mol. The highest BCUT2D eigenvalue weighted by Gasteiger charge is 2.34. The largest absolute Gasteiger partial charge is 0.497 e. The van der Waals surface area contributed by atoms with E-state index in [1.807, 2.05) is 6.92 Å². The molecule has 1 atom stereocenters. The molecule has 0 radical (unpaired) electrons. The Kier molecular flexibility index (Phi) is 6.43. The van der Waals surface area contributed by atoms with Crippen molar-refractivity contribution in [2.24, 2.45) is 5.92 Å². The van der Waals surface area contributed by atoms with Crippen LogP contribution in [0.25, 0.3) is 0 Å². The number of amides is 1. The molecule has 158 valence electrons. The molecule has 9 nitrogen and oxygen atoms in total. The molecule has 0 bridgehead atoms. The molecule has 1 fully saturated rings. The Hall–Kier alpha value is -2.59. The topological polar surface area (TPSA) is 103 Å². The van der Waals surface area contributed by atoms with E-state index in [1.165, 1.54) is 23.9 Å². The van der Waals surface area contributed by atoms with Gasteiger partial charge in [-0.2, -0.15) is 4.31 Å². The number of anilines is 1. The molecule has 29 heavy (non-hydrogen) atoms. The van der Waals surface area contributed by atoms with Crippen molar-refractivity contribution >= 4 is 21.6 Å². The van der Waals surface area contributed by atoms with Crippen molar-refractivity contribution in [3.8, 4) is 11.5 Å². The number of aryl methyl sites for hydroxylation is 1. The van der Waals surface area contributed by atoms with Gasteiger partial charge >= 0.3 is 0 Å². The zero-order chi connectivity index (χ0) is 21.0. The van der Waals surface area contributed by atoms with Crippen LogP contribution in [0.4, 0.5) is 5.69 Å². The van der Waals surface area contributed by atoms with Gasteiger partial charge in [0.05, 0.1) is 32.2 Å². The molecule has 10 heteroatoms. The van der Waals surface area contributed by atoms with E-state index in [9.17, 15) is 13.2 Å². The van der Waals surface area contributed by atoms with Gasteiger partial charge in [-0.3, -0.25) is 4.79 Å². The molecule has 1 aromatic heterocycles. The van der Waals surface area contributed by atoms with Crippen LogP contribution in [0.2, 0.25) is 0 Å². The molecule has 0 spiro atoms. The van der Waals surface area contributed by atoms with E-state index in [1.54, 1.807) is 29.9 Å².